The normalized spacial score (nSPS) is 10.0. The molecule has 1 heterocycles. The SMILES string of the molecule is Cc1cc(C)c(F)nc1C. The van der Waals surface area contributed by atoms with Crippen LogP contribution in [-0.4, -0.2) is 4.98 Å². The van der Waals surface area contributed by atoms with E-state index in [0.717, 1.165) is 11.3 Å². The van der Waals surface area contributed by atoms with E-state index in [4.69, 9.17) is 0 Å². The maximum atomic E-state index is 12.6. The summed E-state index contributed by atoms with van der Waals surface area (Å²) in [5.74, 6) is -0.358. The van der Waals surface area contributed by atoms with Crippen LogP contribution in [0.2, 0.25) is 0 Å². The molecular weight excluding hydrogens is 129 g/mol. The van der Waals surface area contributed by atoms with Gasteiger partial charge in [-0.15, -0.1) is 0 Å². The van der Waals surface area contributed by atoms with Crippen molar-refractivity contribution in [2.45, 2.75) is 20.8 Å². The molecule has 0 saturated heterocycles. The second-order valence-electron chi connectivity index (χ2n) is 2.50. The van der Waals surface area contributed by atoms with Gasteiger partial charge in [0.25, 0.3) is 0 Å². The average Bonchev–Trinajstić information content (AvgIpc) is 1.84. The molecule has 0 spiro atoms. The van der Waals surface area contributed by atoms with Crippen molar-refractivity contribution < 1.29 is 4.39 Å². The van der Waals surface area contributed by atoms with E-state index in [1.807, 2.05) is 6.92 Å². The molecule has 0 aromatic carbocycles. The van der Waals surface area contributed by atoms with Crippen LogP contribution < -0.4 is 0 Å². The summed E-state index contributed by atoms with van der Waals surface area (Å²) in [5.41, 5.74) is 2.42. The van der Waals surface area contributed by atoms with Crippen molar-refractivity contribution >= 4 is 0 Å². The number of aryl methyl sites for hydroxylation is 3. The Kier molecular flexibility index (Phi) is 1.70. The summed E-state index contributed by atoms with van der Waals surface area (Å²) in [6.07, 6.45) is 0. The van der Waals surface area contributed by atoms with Crippen LogP contribution in [0.25, 0.3) is 0 Å². The van der Waals surface area contributed by atoms with Crippen LogP contribution in [-0.2, 0) is 0 Å². The largest absolute Gasteiger partial charge is 0.225 e. The number of halogens is 1. The molecule has 0 aliphatic rings. The lowest BCUT2D eigenvalue weighted by Crippen LogP contribution is -1.93. The van der Waals surface area contributed by atoms with Crippen molar-refractivity contribution in [3.8, 4) is 0 Å². The average molecular weight is 139 g/mol. The van der Waals surface area contributed by atoms with Crippen molar-refractivity contribution in [2.75, 3.05) is 0 Å². The Morgan fingerprint density at radius 1 is 1.20 bits per heavy atom. The van der Waals surface area contributed by atoms with E-state index in [1.165, 1.54) is 0 Å². The zero-order chi connectivity index (χ0) is 7.72. The lowest BCUT2D eigenvalue weighted by Gasteiger charge is -2.00. The van der Waals surface area contributed by atoms with E-state index in [2.05, 4.69) is 4.98 Å². The lowest BCUT2D eigenvalue weighted by atomic mass is 10.2. The summed E-state index contributed by atoms with van der Waals surface area (Å²) in [6, 6.07) is 1.80. The van der Waals surface area contributed by atoms with E-state index in [-0.39, 0.29) is 5.95 Å². The summed E-state index contributed by atoms with van der Waals surface area (Å²) < 4.78 is 12.6. The van der Waals surface area contributed by atoms with Crippen molar-refractivity contribution in [1.82, 2.24) is 4.98 Å². The van der Waals surface area contributed by atoms with Crippen LogP contribution in [0.15, 0.2) is 6.07 Å². The first-order valence-corrected chi connectivity index (χ1v) is 3.21. The minimum atomic E-state index is -0.358. The minimum absolute atomic E-state index is 0.358. The highest BCUT2D eigenvalue weighted by atomic mass is 19.1. The lowest BCUT2D eigenvalue weighted by molar-refractivity contribution is 0.569. The zero-order valence-electron chi connectivity index (χ0n) is 6.40. The maximum absolute atomic E-state index is 12.6. The van der Waals surface area contributed by atoms with Gasteiger partial charge >= 0.3 is 0 Å². The van der Waals surface area contributed by atoms with Crippen LogP contribution in [0, 0.1) is 26.7 Å². The molecule has 1 aromatic rings. The molecule has 0 fully saturated rings. The van der Waals surface area contributed by atoms with Crippen LogP contribution in [0.5, 0.6) is 0 Å². The number of hydrogen-bond acceptors (Lipinski definition) is 1. The van der Waals surface area contributed by atoms with E-state index in [0.29, 0.717) is 5.56 Å². The molecule has 0 amide bonds. The molecule has 0 aliphatic carbocycles. The van der Waals surface area contributed by atoms with E-state index in [9.17, 15) is 4.39 Å². The van der Waals surface area contributed by atoms with Gasteiger partial charge in [0.15, 0.2) is 0 Å². The minimum Gasteiger partial charge on any atom is -0.225 e. The van der Waals surface area contributed by atoms with E-state index in [1.54, 1.807) is 19.9 Å². The third kappa shape index (κ3) is 1.15. The number of hydrogen-bond donors (Lipinski definition) is 0. The quantitative estimate of drug-likeness (QED) is 0.502. The number of nitrogens with zero attached hydrogens (tertiary/aromatic N) is 1. The fourth-order valence-corrected chi connectivity index (χ4v) is 0.812. The Bertz CT molecular complexity index is 205. The molecule has 1 rings (SSSR count). The Morgan fingerprint density at radius 2 is 1.80 bits per heavy atom. The summed E-state index contributed by atoms with van der Waals surface area (Å²) in [4.78, 5) is 3.71. The fraction of sp³-hybridized carbons (Fsp3) is 0.375. The molecule has 54 valence electrons. The van der Waals surface area contributed by atoms with Gasteiger partial charge in [-0.05, 0) is 26.3 Å². The van der Waals surface area contributed by atoms with Crippen LogP contribution in [0.1, 0.15) is 16.8 Å². The van der Waals surface area contributed by atoms with Crippen LogP contribution in [0.3, 0.4) is 0 Å². The van der Waals surface area contributed by atoms with E-state index < -0.39 is 0 Å². The van der Waals surface area contributed by atoms with Gasteiger partial charge in [0.1, 0.15) is 0 Å². The first-order valence-electron chi connectivity index (χ1n) is 3.21. The molecule has 0 saturated carbocycles. The fourth-order valence-electron chi connectivity index (χ4n) is 0.812. The first kappa shape index (κ1) is 7.19. The van der Waals surface area contributed by atoms with Gasteiger partial charge < -0.3 is 0 Å². The molecule has 0 bridgehead atoms. The van der Waals surface area contributed by atoms with Gasteiger partial charge in [-0.1, -0.05) is 6.07 Å². The van der Waals surface area contributed by atoms with Crippen molar-refractivity contribution in [1.29, 1.82) is 0 Å². The smallest absolute Gasteiger partial charge is 0.216 e. The molecule has 1 aromatic heterocycles. The highest BCUT2D eigenvalue weighted by Gasteiger charge is 2.00. The Hall–Kier alpha value is -0.920. The molecule has 1 nitrogen and oxygen atoms in total. The second-order valence-corrected chi connectivity index (χ2v) is 2.50. The third-order valence-corrected chi connectivity index (χ3v) is 1.59. The standard InChI is InChI=1S/C8H10FN/c1-5-4-6(2)8(9)10-7(5)3/h4H,1-3H3. The molecule has 0 atom stereocenters. The Labute approximate surface area is 59.9 Å². The summed E-state index contributed by atoms with van der Waals surface area (Å²) in [6.45, 7) is 5.45. The number of aromatic nitrogens is 1. The highest BCUT2D eigenvalue weighted by molar-refractivity contribution is 5.22. The molecule has 10 heavy (non-hydrogen) atoms. The van der Waals surface area contributed by atoms with Crippen LogP contribution in [0.4, 0.5) is 4.39 Å². The highest BCUT2D eigenvalue weighted by Crippen LogP contribution is 2.08. The summed E-state index contributed by atoms with van der Waals surface area (Å²) >= 11 is 0. The monoisotopic (exact) mass is 139 g/mol. The van der Waals surface area contributed by atoms with Gasteiger partial charge in [-0.3, -0.25) is 0 Å². The van der Waals surface area contributed by atoms with Gasteiger partial charge in [-0.25, -0.2) is 4.98 Å². The Balaban J connectivity index is 3.28. The molecule has 2 heteroatoms. The number of pyridine rings is 1. The molecule has 0 radical (unpaired) electrons. The van der Waals surface area contributed by atoms with Gasteiger partial charge in [0, 0.05) is 11.3 Å². The topological polar surface area (TPSA) is 12.9 Å². The second kappa shape index (κ2) is 2.37. The predicted octanol–water partition coefficient (Wildman–Crippen LogP) is 2.15. The molecule has 0 N–H and O–H groups in total. The van der Waals surface area contributed by atoms with Crippen molar-refractivity contribution in [3.63, 3.8) is 0 Å². The maximum Gasteiger partial charge on any atom is 0.216 e. The molecule has 0 aliphatic heterocycles. The number of rotatable bonds is 0. The molecular formula is C8H10FN. The van der Waals surface area contributed by atoms with Gasteiger partial charge in [0.05, 0.1) is 0 Å². The Morgan fingerprint density at radius 3 is 2.30 bits per heavy atom. The summed E-state index contributed by atoms with van der Waals surface area (Å²) in [7, 11) is 0. The third-order valence-electron chi connectivity index (χ3n) is 1.59. The van der Waals surface area contributed by atoms with Crippen LogP contribution >= 0.6 is 0 Å². The van der Waals surface area contributed by atoms with Gasteiger partial charge in [0.2, 0.25) is 5.95 Å². The van der Waals surface area contributed by atoms with Crippen molar-refractivity contribution in [2.24, 2.45) is 0 Å². The van der Waals surface area contributed by atoms with Gasteiger partial charge in [-0.2, -0.15) is 4.39 Å². The van der Waals surface area contributed by atoms with E-state index >= 15 is 0 Å². The summed E-state index contributed by atoms with van der Waals surface area (Å²) in [5, 5.41) is 0. The predicted molar refractivity (Wildman–Crippen MR) is 38.4 cm³/mol. The first-order chi connectivity index (χ1) is 4.61. The van der Waals surface area contributed by atoms with Crippen molar-refractivity contribution in [3.05, 3.63) is 28.8 Å². The molecule has 0 unspecified atom stereocenters. The zero-order valence-corrected chi connectivity index (χ0v) is 6.40.